The van der Waals surface area contributed by atoms with Crippen molar-refractivity contribution >= 4 is 28.1 Å². The summed E-state index contributed by atoms with van der Waals surface area (Å²) < 4.78 is 89.2. The SMILES string of the molecule is CC(C)(C)NC(=O)COSc1c(F)c(F)c(S(=O)(=O)O)c(F)c1F. The molecule has 0 unspecified atom stereocenters. The maximum absolute atomic E-state index is 13.7. The van der Waals surface area contributed by atoms with Crippen LogP contribution < -0.4 is 5.32 Å². The second-order valence-electron chi connectivity index (χ2n) is 5.53. The molecule has 0 aliphatic heterocycles. The van der Waals surface area contributed by atoms with E-state index in [0.29, 0.717) is 0 Å². The van der Waals surface area contributed by atoms with E-state index >= 15 is 0 Å². The van der Waals surface area contributed by atoms with Crippen molar-refractivity contribution in [2.24, 2.45) is 0 Å². The Kier molecular flexibility index (Phi) is 6.25. The van der Waals surface area contributed by atoms with E-state index < -0.39 is 61.2 Å². The van der Waals surface area contributed by atoms with Gasteiger partial charge in [-0.3, -0.25) is 9.35 Å². The lowest BCUT2D eigenvalue weighted by molar-refractivity contribution is -0.124. The first kappa shape index (κ1) is 20.7. The minimum atomic E-state index is -5.52. The number of carbonyl (C=O) groups is 1. The van der Waals surface area contributed by atoms with E-state index in [1.165, 1.54) is 0 Å². The molecule has 6 nitrogen and oxygen atoms in total. The first-order chi connectivity index (χ1) is 10.8. The topological polar surface area (TPSA) is 92.7 Å². The minimum Gasteiger partial charge on any atom is -0.349 e. The molecule has 0 saturated heterocycles. The van der Waals surface area contributed by atoms with Crippen LogP contribution in [0.15, 0.2) is 9.79 Å². The summed E-state index contributed by atoms with van der Waals surface area (Å²) in [6.07, 6.45) is 0. The predicted octanol–water partition coefficient (Wildman–Crippen LogP) is 2.43. The molecule has 0 saturated carbocycles. The summed E-state index contributed by atoms with van der Waals surface area (Å²) in [5.74, 6) is -9.43. The summed E-state index contributed by atoms with van der Waals surface area (Å²) in [5, 5.41) is 2.46. The lowest BCUT2D eigenvalue weighted by Crippen LogP contribution is -2.42. The van der Waals surface area contributed by atoms with Crippen molar-refractivity contribution in [1.29, 1.82) is 0 Å². The Morgan fingerprint density at radius 3 is 1.96 bits per heavy atom. The highest BCUT2D eigenvalue weighted by atomic mass is 32.2. The van der Waals surface area contributed by atoms with Crippen molar-refractivity contribution in [2.45, 2.75) is 36.1 Å². The fourth-order valence-corrected chi connectivity index (χ4v) is 2.73. The van der Waals surface area contributed by atoms with Crippen molar-refractivity contribution in [2.75, 3.05) is 6.61 Å². The first-order valence-electron chi connectivity index (χ1n) is 6.19. The lowest BCUT2D eigenvalue weighted by Gasteiger charge is -2.20. The third kappa shape index (κ3) is 5.06. The first-order valence-corrected chi connectivity index (χ1v) is 8.37. The molecule has 0 aliphatic carbocycles. The molecule has 0 fully saturated rings. The van der Waals surface area contributed by atoms with Gasteiger partial charge in [0.1, 0.15) is 11.5 Å². The fraction of sp³-hybridized carbons (Fsp3) is 0.417. The normalized spacial score (nSPS) is 12.3. The zero-order valence-corrected chi connectivity index (χ0v) is 14.2. The van der Waals surface area contributed by atoms with Gasteiger partial charge in [0.25, 0.3) is 0 Å². The molecule has 1 aromatic carbocycles. The van der Waals surface area contributed by atoms with E-state index in [9.17, 15) is 30.8 Å². The molecule has 24 heavy (non-hydrogen) atoms. The van der Waals surface area contributed by atoms with Crippen LogP contribution in [0.1, 0.15) is 20.8 Å². The molecule has 0 radical (unpaired) electrons. The van der Waals surface area contributed by atoms with Crippen molar-refractivity contribution in [3.8, 4) is 0 Å². The van der Waals surface area contributed by atoms with Gasteiger partial charge < -0.3 is 9.50 Å². The molecule has 0 heterocycles. The highest BCUT2D eigenvalue weighted by molar-refractivity contribution is 7.94. The number of carbonyl (C=O) groups excluding carboxylic acids is 1. The average Bonchev–Trinajstić information content (AvgIpc) is 2.37. The molecule has 12 heteroatoms. The summed E-state index contributed by atoms with van der Waals surface area (Å²) in [5.41, 5.74) is -0.600. The van der Waals surface area contributed by atoms with Gasteiger partial charge in [-0.1, -0.05) is 0 Å². The Morgan fingerprint density at radius 1 is 1.12 bits per heavy atom. The van der Waals surface area contributed by atoms with E-state index in [-0.39, 0.29) is 12.0 Å². The highest BCUT2D eigenvalue weighted by Crippen LogP contribution is 2.33. The molecule has 0 bridgehead atoms. The van der Waals surface area contributed by atoms with Crippen LogP contribution in [-0.4, -0.2) is 31.0 Å². The Labute approximate surface area is 139 Å². The van der Waals surface area contributed by atoms with Crippen LogP contribution in [0.3, 0.4) is 0 Å². The second-order valence-corrected chi connectivity index (χ2v) is 7.70. The van der Waals surface area contributed by atoms with Crippen LogP contribution in [0.25, 0.3) is 0 Å². The van der Waals surface area contributed by atoms with E-state index in [1.54, 1.807) is 20.8 Å². The number of rotatable bonds is 5. The van der Waals surface area contributed by atoms with Crippen LogP contribution >= 0.6 is 12.0 Å². The number of amides is 1. The van der Waals surface area contributed by atoms with Crippen LogP contribution in [0.5, 0.6) is 0 Å². The van der Waals surface area contributed by atoms with Gasteiger partial charge in [-0.2, -0.15) is 8.42 Å². The van der Waals surface area contributed by atoms with Crippen molar-refractivity contribution < 1.29 is 39.5 Å². The van der Waals surface area contributed by atoms with Gasteiger partial charge in [-0.25, -0.2) is 17.6 Å². The summed E-state index contributed by atoms with van der Waals surface area (Å²) in [7, 11) is -5.52. The van der Waals surface area contributed by atoms with Gasteiger partial charge in [-0.05, 0) is 20.8 Å². The van der Waals surface area contributed by atoms with Crippen molar-refractivity contribution in [3.63, 3.8) is 0 Å². The maximum Gasteiger partial charge on any atom is 0.300 e. The predicted molar refractivity (Wildman–Crippen MR) is 75.8 cm³/mol. The molecule has 0 spiro atoms. The summed E-state index contributed by atoms with van der Waals surface area (Å²) in [6, 6.07) is 0. The lowest BCUT2D eigenvalue weighted by atomic mass is 10.1. The Morgan fingerprint density at radius 2 is 1.58 bits per heavy atom. The van der Waals surface area contributed by atoms with E-state index in [4.69, 9.17) is 4.55 Å². The Bertz CT molecular complexity index is 733. The molecule has 1 amide bonds. The van der Waals surface area contributed by atoms with Crippen LogP contribution in [0, 0.1) is 23.3 Å². The number of hydrogen-bond acceptors (Lipinski definition) is 5. The van der Waals surface area contributed by atoms with Crippen molar-refractivity contribution in [1.82, 2.24) is 5.32 Å². The van der Waals surface area contributed by atoms with Crippen LogP contribution in [-0.2, 0) is 19.1 Å². The molecular weight excluding hydrogens is 378 g/mol. The minimum absolute atomic E-state index is 0.192. The number of benzene rings is 1. The molecule has 1 rings (SSSR count). The zero-order chi connectivity index (χ0) is 18.9. The van der Waals surface area contributed by atoms with Gasteiger partial charge >= 0.3 is 10.1 Å². The molecule has 0 aromatic heterocycles. The zero-order valence-electron chi connectivity index (χ0n) is 12.6. The number of halogens is 4. The van der Waals surface area contributed by atoms with E-state index in [1.807, 2.05) is 0 Å². The average molecular weight is 391 g/mol. The fourth-order valence-electron chi connectivity index (χ4n) is 1.49. The largest absolute Gasteiger partial charge is 0.349 e. The number of hydrogen-bond donors (Lipinski definition) is 2. The molecule has 0 aliphatic rings. The Balaban J connectivity index is 3.01. The van der Waals surface area contributed by atoms with Crippen molar-refractivity contribution in [3.05, 3.63) is 23.3 Å². The summed E-state index contributed by atoms with van der Waals surface area (Å²) in [6.45, 7) is 4.30. The second kappa shape index (κ2) is 7.25. The van der Waals surface area contributed by atoms with Crippen LogP contribution in [0.2, 0.25) is 0 Å². The molecular formula is C12H13F4NO5S2. The molecule has 136 valence electrons. The maximum atomic E-state index is 13.7. The summed E-state index contributed by atoms with van der Waals surface area (Å²) >= 11 is -0.192. The smallest absolute Gasteiger partial charge is 0.300 e. The third-order valence-corrected chi connectivity index (χ3v) is 3.92. The Hall–Kier alpha value is -1.37. The monoisotopic (exact) mass is 391 g/mol. The van der Waals surface area contributed by atoms with E-state index in [2.05, 4.69) is 9.50 Å². The molecule has 2 N–H and O–H groups in total. The van der Waals surface area contributed by atoms with Gasteiger partial charge in [0.15, 0.2) is 28.2 Å². The number of nitrogens with one attached hydrogen (secondary N) is 1. The van der Waals surface area contributed by atoms with E-state index in [0.717, 1.165) is 0 Å². The standard InChI is InChI=1S/C12H13F4NO5S2/c1-12(2,3)17-5(18)4-22-23-10-6(13)8(15)11(24(19,20)21)9(16)7(10)14/h4H2,1-3H3,(H,17,18)(H,19,20,21). The van der Waals surface area contributed by atoms with Gasteiger partial charge in [0, 0.05) is 17.6 Å². The highest BCUT2D eigenvalue weighted by Gasteiger charge is 2.32. The van der Waals surface area contributed by atoms with Gasteiger partial charge in [0.2, 0.25) is 5.91 Å². The quantitative estimate of drug-likeness (QED) is 0.347. The third-order valence-electron chi connectivity index (χ3n) is 2.29. The molecule has 1 aromatic rings. The van der Waals surface area contributed by atoms with Gasteiger partial charge in [0.05, 0.1) is 0 Å². The summed E-state index contributed by atoms with van der Waals surface area (Å²) in [4.78, 5) is 7.96. The van der Waals surface area contributed by atoms with Gasteiger partial charge in [-0.15, -0.1) is 0 Å². The van der Waals surface area contributed by atoms with Crippen LogP contribution in [0.4, 0.5) is 17.6 Å². The molecule has 0 atom stereocenters.